The maximum Gasteiger partial charge on any atom is 0.235 e. The Morgan fingerprint density at radius 1 is 1.03 bits per heavy atom. The molecule has 1 unspecified atom stereocenters. The maximum atomic E-state index is 13.3. The Morgan fingerprint density at radius 2 is 1.66 bits per heavy atom. The van der Waals surface area contributed by atoms with Crippen LogP contribution < -0.4 is 15.4 Å². The van der Waals surface area contributed by atoms with Crippen LogP contribution in [0.1, 0.15) is 44.2 Å². The van der Waals surface area contributed by atoms with E-state index in [9.17, 15) is 9.59 Å². The van der Waals surface area contributed by atoms with Gasteiger partial charge in [0.1, 0.15) is 5.75 Å². The quantitative estimate of drug-likeness (QED) is 0.753. The highest BCUT2D eigenvalue weighted by molar-refractivity contribution is 6.02. The minimum atomic E-state index is -0.540. The first-order valence-corrected chi connectivity index (χ1v) is 10.2. The number of hydrogen-bond acceptors (Lipinski definition) is 3. The first-order chi connectivity index (χ1) is 13.8. The Bertz CT molecular complexity index is 914. The molecule has 29 heavy (non-hydrogen) atoms. The molecule has 2 amide bonds. The van der Waals surface area contributed by atoms with Crippen molar-refractivity contribution in [3.63, 3.8) is 0 Å². The van der Waals surface area contributed by atoms with Gasteiger partial charge in [-0.2, -0.15) is 0 Å². The highest BCUT2D eigenvalue weighted by Gasteiger charge is 2.67. The Balaban J connectivity index is 1.44. The molecule has 2 fully saturated rings. The van der Waals surface area contributed by atoms with E-state index in [1.54, 1.807) is 7.11 Å². The van der Waals surface area contributed by atoms with Crippen molar-refractivity contribution < 1.29 is 14.3 Å². The lowest BCUT2D eigenvalue weighted by atomic mass is 9.87. The molecular formula is C24H28N2O3. The third kappa shape index (κ3) is 3.86. The van der Waals surface area contributed by atoms with E-state index in [2.05, 4.69) is 24.5 Å². The molecule has 2 saturated carbocycles. The first-order valence-electron chi connectivity index (χ1n) is 10.2. The molecule has 2 aliphatic rings. The number of rotatable bonds is 7. The summed E-state index contributed by atoms with van der Waals surface area (Å²) in [5.41, 5.74) is 2.05. The molecule has 0 aromatic heterocycles. The van der Waals surface area contributed by atoms with E-state index >= 15 is 0 Å². The average molecular weight is 392 g/mol. The van der Waals surface area contributed by atoms with E-state index < -0.39 is 5.41 Å². The Kier molecular flexibility index (Phi) is 4.85. The first kappa shape index (κ1) is 19.5. The molecule has 0 aliphatic heterocycles. The Labute approximate surface area is 171 Å². The molecule has 2 N–H and O–H groups in total. The van der Waals surface area contributed by atoms with Crippen LogP contribution in [0, 0.1) is 5.41 Å². The molecule has 5 heteroatoms. The van der Waals surface area contributed by atoms with E-state index in [1.165, 1.54) is 0 Å². The van der Waals surface area contributed by atoms with Gasteiger partial charge in [0.25, 0.3) is 0 Å². The van der Waals surface area contributed by atoms with Crippen molar-refractivity contribution in [3.05, 3.63) is 59.7 Å². The minimum Gasteiger partial charge on any atom is -0.497 e. The number of benzene rings is 2. The van der Waals surface area contributed by atoms with Gasteiger partial charge >= 0.3 is 0 Å². The average Bonchev–Trinajstić information content (AvgIpc) is 3.60. The van der Waals surface area contributed by atoms with Gasteiger partial charge in [-0.1, -0.05) is 38.1 Å². The van der Waals surface area contributed by atoms with Gasteiger partial charge in [-0.05, 0) is 60.1 Å². The number of anilines is 1. The van der Waals surface area contributed by atoms with E-state index in [1.807, 2.05) is 48.5 Å². The molecule has 0 saturated heterocycles. The van der Waals surface area contributed by atoms with E-state index in [-0.39, 0.29) is 17.2 Å². The van der Waals surface area contributed by atoms with Gasteiger partial charge in [0.05, 0.1) is 18.9 Å². The predicted molar refractivity (Wildman–Crippen MR) is 113 cm³/mol. The highest BCUT2D eigenvalue weighted by atomic mass is 16.5. The molecule has 2 aliphatic carbocycles. The molecule has 2 aromatic rings. The number of nitrogens with one attached hydrogen (secondary N) is 2. The number of hydrogen-bond donors (Lipinski definition) is 2. The smallest absolute Gasteiger partial charge is 0.235 e. The minimum absolute atomic E-state index is 0.00638. The molecular weight excluding hydrogens is 364 g/mol. The zero-order valence-electron chi connectivity index (χ0n) is 17.2. The fraction of sp³-hybridized carbons (Fsp3) is 0.417. The second kappa shape index (κ2) is 7.21. The molecule has 152 valence electrons. The van der Waals surface area contributed by atoms with Crippen molar-refractivity contribution in [2.45, 2.75) is 51.0 Å². The van der Waals surface area contributed by atoms with Gasteiger partial charge in [-0.25, -0.2) is 0 Å². The van der Waals surface area contributed by atoms with Crippen LogP contribution in [0.15, 0.2) is 48.5 Å². The van der Waals surface area contributed by atoms with Gasteiger partial charge < -0.3 is 15.4 Å². The van der Waals surface area contributed by atoms with E-state index in [0.717, 1.165) is 41.8 Å². The normalized spacial score (nSPS) is 21.9. The summed E-state index contributed by atoms with van der Waals surface area (Å²) in [4.78, 5) is 25.2. The SMILES string of the molecule is COc1ccc(C2(C(=O)Nc3ccc(CC(=O)NC4CC4)cc3)CC2(C)C)cc1. The summed E-state index contributed by atoms with van der Waals surface area (Å²) in [5.74, 6) is 0.846. The van der Waals surface area contributed by atoms with Crippen molar-refractivity contribution in [1.82, 2.24) is 5.32 Å². The van der Waals surface area contributed by atoms with Crippen molar-refractivity contribution in [2.24, 2.45) is 5.41 Å². The monoisotopic (exact) mass is 392 g/mol. The third-order valence-corrected chi connectivity index (χ3v) is 6.23. The number of amides is 2. The van der Waals surface area contributed by atoms with Crippen LogP contribution in [0.2, 0.25) is 0 Å². The van der Waals surface area contributed by atoms with Crippen LogP contribution in [0.3, 0.4) is 0 Å². The molecule has 0 bridgehead atoms. The standard InChI is InChI=1S/C24H28N2O3/c1-23(2)15-24(23,17-6-12-20(29-3)13-7-17)22(28)26-19-8-4-16(5-9-19)14-21(27)25-18-10-11-18/h4-9,12-13,18H,10-11,14-15H2,1-3H3,(H,25,27)(H,26,28). The second-order valence-corrected chi connectivity index (χ2v) is 8.86. The van der Waals surface area contributed by atoms with Crippen molar-refractivity contribution >= 4 is 17.5 Å². The summed E-state index contributed by atoms with van der Waals surface area (Å²) in [6.45, 7) is 4.25. The highest BCUT2D eigenvalue weighted by Crippen LogP contribution is 2.64. The van der Waals surface area contributed by atoms with Crippen molar-refractivity contribution in [3.8, 4) is 5.75 Å². The third-order valence-electron chi connectivity index (χ3n) is 6.23. The molecule has 4 rings (SSSR count). The van der Waals surface area contributed by atoms with Crippen LogP contribution in [0.4, 0.5) is 5.69 Å². The van der Waals surface area contributed by atoms with Crippen LogP contribution in [-0.2, 0) is 21.4 Å². The van der Waals surface area contributed by atoms with E-state index in [0.29, 0.717) is 12.5 Å². The molecule has 5 nitrogen and oxygen atoms in total. The van der Waals surface area contributed by atoms with Gasteiger partial charge in [0.15, 0.2) is 0 Å². The topological polar surface area (TPSA) is 67.4 Å². The molecule has 0 heterocycles. The summed E-state index contributed by atoms with van der Waals surface area (Å²) in [6, 6.07) is 15.7. The summed E-state index contributed by atoms with van der Waals surface area (Å²) in [5, 5.41) is 6.07. The number of methoxy groups -OCH3 is 1. The number of carbonyl (C=O) groups is 2. The van der Waals surface area contributed by atoms with Crippen molar-refractivity contribution in [2.75, 3.05) is 12.4 Å². The predicted octanol–water partition coefficient (Wildman–Crippen LogP) is 3.82. The number of carbonyl (C=O) groups excluding carboxylic acids is 2. The summed E-state index contributed by atoms with van der Waals surface area (Å²) < 4.78 is 5.24. The van der Waals surface area contributed by atoms with Crippen LogP contribution in [0.5, 0.6) is 5.75 Å². The van der Waals surface area contributed by atoms with Gasteiger partial charge in [-0.3, -0.25) is 9.59 Å². The van der Waals surface area contributed by atoms with Crippen LogP contribution in [0.25, 0.3) is 0 Å². The summed E-state index contributed by atoms with van der Waals surface area (Å²) in [6.07, 6.45) is 3.34. The summed E-state index contributed by atoms with van der Waals surface area (Å²) >= 11 is 0. The summed E-state index contributed by atoms with van der Waals surface area (Å²) in [7, 11) is 1.64. The Hall–Kier alpha value is -2.82. The zero-order valence-corrected chi connectivity index (χ0v) is 17.2. The van der Waals surface area contributed by atoms with Gasteiger partial charge in [0, 0.05) is 11.7 Å². The molecule has 0 spiro atoms. The lowest BCUT2D eigenvalue weighted by molar-refractivity contribution is -0.121. The van der Waals surface area contributed by atoms with Crippen LogP contribution in [-0.4, -0.2) is 25.0 Å². The van der Waals surface area contributed by atoms with Crippen molar-refractivity contribution in [1.29, 1.82) is 0 Å². The zero-order chi connectivity index (χ0) is 20.6. The van der Waals surface area contributed by atoms with E-state index in [4.69, 9.17) is 4.74 Å². The maximum absolute atomic E-state index is 13.3. The number of ether oxygens (including phenoxy) is 1. The lowest BCUT2D eigenvalue weighted by Crippen LogP contribution is -2.32. The fourth-order valence-electron chi connectivity index (χ4n) is 4.14. The largest absolute Gasteiger partial charge is 0.497 e. The van der Waals surface area contributed by atoms with Crippen LogP contribution >= 0.6 is 0 Å². The Morgan fingerprint density at radius 3 is 2.17 bits per heavy atom. The van der Waals surface area contributed by atoms with Gasteiger partial charge in [0.2, 0.25) is 11.8 Å². The van der Waals surface area contributed by atoms with Gasteiger partial charge in [-0.15, -0.1) is 0 Å². The molecule has 0 radical (unpaired) electrons. The molecule has 1 atom stereocenters. The lowest BCUT2D eigenvalue weighted by Gasteiger charge is -2.21. The second-order valence-electron chi connectivity index (χ2n) is 8.86. The molecule has 2 aromatic carbocycles. The fourth-order valence-corrected chi connectivity index (χ4v) is 4.14.